The predicted molar refractivity (Wildman–Crippen MR) is 87.5 cm³/mol. The summed E-state index contributed by atoms with van der Waals surface area (Å²) in [6.45, 7) is 0. The van der Waals surface area contributed by atoms with E-state index in [9.17, 15) is 14.7 Å². The second-order valence-corrected chi connectivity index (χ2v) is 6.96. The highest BCUT2D eigenvalue weighted by Gasteiger charge is 2.39. The molecule has 1 N–H and O–H groups in total. The van der Waals surface area contributed by atoms with Gasteiger partial charge in [-0.3, -0.25) is 14.7 Å². The lowest BCUT2D eigenvalue weighted by atomic mass is 10.1. The highest BCUT2D eigenvalue weighted by atomic mass is 31.2. The molecule has 1 atom stereocenters. The molecule has 0 saturated carbocycles. The summed E-state index contributed by atoms with van der Waals surface area (Å²) in [7, 11) is -1.16. The maximum atomic E-state index is 12.9. The zero-order chi connectivity index (χ0) is 16.9. The Balaban J connectivity index is 2.54. The number of para-hydroxylation sites is 2. The number of nitro benzene ring substituents is 1. The van der Waals surface area contributed by atoms with Crippen molar-refractivity contribution in [1.82, 2.24) is 0 Å². The van der Waals surface area contributed by atoms with Gasteiger partial charge in [-0.15, -0.1) is 0 Å². The molecule has 0 aliphatic heterocycles. The van der Waals surface area contributed by atoms with Crippen LogP contribution >= 0.6 is 7.60 Å². The normalized spacial score (nSPS) is 12.6. The summed E-state index contributed by atoms with van der Waals surface area (Å²) in [5.41, 5.74) is 0.716. The Labute approximate surface area is 133 Å². The molecule has 0 aliphatic carbocycles. The third kappa shape index (κ3) is 3.76. The molecule has 7 nitrogen and oxygen atoms in total. The Morgan fingerprint density at radius 2 is 1.61 bits per heavy atom. The van der Waals surface area contributed by atoms with E-state index in [1.807, 2.05) is 6.07 Å². The average molecular weight is 336 g/mol. The van der Waals surface area contributed by atoms with E-state index >= 15 is 0 Å². The van der Waals surface area contributed by atoms with E-state index in [1.165, 1.54) is 26.4 Å². The van der Waals surface area contributed by atoms with Gasteiger partial charge in [0, 0.05) is 26.0 Å². The number of nitrogens with zero attached hydrogens (tertiary/aromatic N) is 1. The Hall–Kier alpha value is -2.21. The summed E-state index contributed by atoms with van der Waals surface area (Å²) >= 11 is 0. The van der Waals surface area contributed by atoms with Crippen molar-refractivity contribution in [3.05, 3.63) is 70.3 Å². The summed E-state index contributed by atoms with van der Waals surface area (Å²) in [4.78, 5) is 10.8. The van der Waals surface area contributed by atoms with Crippen LogP contribution in [0.3, 0.4) is 0 Å². The number of nitro groups is 1. The second kappa shape index (κ2) is 7.37. The minimum atomic E-state index is -3.66. The highest BCUT2D eigenvalue weighted by molar-refractivity contribution is 7.54. The molecule has 2 aromatic rings. The SMILES string of the molecule is COP(=O)(OC)C(Nc1ccccc1)c1ccccc1[N+](=O)[O-]. The molecular weight excluding hydrogens is 319 g/mol. The Morgan fingerprint density at radius 1 is 1.04 bits per heavy atom. The number of rotatable bonds is 7. The zero-order valence-corrected chi connectivity index (χ0v) is 13.6. The topological polar surface area (TPSA) is 90.7 Å². The summed E-state index contributed by atoms with van der Waals surface area (Å²) in [5.74, 6) is -1.01. The summed E-state index contributed by atoms with van der Waals surface area (Å²) in [6, 6.07) is 15.0. The van der Waals surface area contributed by atoms with Gasteiger partial charge in [-0.2, -0.15) is 0 Å². The molecule has 0 spiro atoms. The van der Waals surface area contributed by atoms with Crippen molar-refractivity contribution in [3.8, 4) is 0 Å². The first kappa shape index (κ1) is 17.1. The fourth-order valence-corrected chi connectivity index (χ4v) is 3.63. The number of hydrogen-bond acceptors (Lipinski definition) is 6. The summed E-state index contributed by atoms with van der Waals surface area (Å²) in [5, 5.41) is 14.3. The third-order valence-corrected chi connectivity index (χ3v) is 5.39. The lowest BCUT2D eigenvalue weighted by Gasteiger charge is -2.26. The van der Waals surface area contributed by atoms with Gasteiger partial charge in [0.2, 0.25) is 0 Å². The van der Waals surface area contributed by atoms with E-state index in [0.717, 1.165) is 0 Å². The molecule has 0 heterocycles. The molecule has 0 radical (unpaired) electrons. The number of benzene rings is 2. The number of nitrogens with one attached hydrogen (secondary N) is 1. The second-order valence-electron chi connectivity index (χ2n) is 4.63. The Morgan fingerprint density at radius 3 is 2.17 bits per heavy atom. The smallest absolute Gasteiger partial charge is 0.356 e. The van der Waals surface area contributed by atoms with Crippen LogP contribution in [0.4, 0.5) is 11.4 Å². The predicted octanol–water partition coefficient (Wildman–Crippen LogP) is 4.19. The molecule has 2 aromatic carbocycles. The maximum Gasteiger partial charge on any atom is 0.356 e. The molecule has 23 heavy (non-hydrogen) atoms. The molecule has 0 aliphatic rings. The van der Waals surface area contributed by atoms with E-state index in [-0.39, 0.29) is 11.3 Å². The van der Waals surface area contributed by atoms with Gasteiger partial charge in [0.05, 0.1) is 10.5 Å². The minimum Gasteiger partial charge on any atom is -0.368 e. The molecule has 8 heteroatoms. The summed E-state index contributed by atoms with van der Waals surface area (Å²) in [6.07, 6.45) is 0. The zero-order valence-electron chi connectivity index (χ0n) is 12.7. The van der Waals surface area contributed by atoms with E-state index in [0.29, 0.717) is 5.69 Å². The molecule has 0 bridgehead atoms. The third-order valence-electron chi connectivity index (χ3n) is 3.33. The van der Waals surface area contributed by atoms with Crippen LogP contribution < -0.4 is 5.32 Å². The highest BCUT2D eigenvalue weighted by Crippen LogP contribution is 2.60. The van der Waals surface area contributed by atoms with Crippen molar-refractivity contribution >= 4 is 19.0 Å². The van der Waals surface area contributed by atoms with Crippen molar-refractivity contribution in [2.75, 3.05) is 19.5 Å². The van der Waals surface area contributed by atoms with Gasteiger partial charge in [0.25, 0.3) is 5.69 Å². The maximum absolute atomic E-state index is 12.9. The van der Waals surface area contributed by atoms with Crippen molar-refractivity contribution in [2.45, 2.75) is 5.78 Å². The van der Waals surface area contributed by atoms with Gasteiger partial charge in [-0.1, -0.05) is 30.3 Å². The van der Waals surface area contributed by atoms with Crippen LogP contribution in [-0.4, -0.2) is 19.1 Å². The van der Waals surface area contributed by atoms with Gasteiger partial charge >= 0.3 is 7.60 Å². The molecule has 1 unspecified atom stereocenters. The van der Waals surface area contributed by atoms with E-state index in [2.05, 4.69) is 5.32 Å². The molecule has 0 saturated heterocycles. The summed E-state index contributed by atoms with van der Waals surface area (Å²) < 4.78 is 23.0. The molecule has 0 fully saturated rings. The van der Waals surface area contributed by atoms with Gasteiger partial charge in [-0.05, 0) is 18.2 Å². The fourth-order valence-electron chi connectivity index (χ4n) is 2.19. The van der Waals surface area contributed by atoms with E-state index in [4.69, 9.17) is 9.05 Å². The molecule has 0 aromatic heterocycles. The quantitative estimate of drug-likeness (QED) is 0.463. The van der Waals surface area contributed by atoms with Crippen LogP contribution in [0.2, 0.25) is 0 Å². The molecular formula is C15H17N2O5P. The molecule has 0 amide bonds. The number of anilines is 1. The van der Waals surface area contributed by atoms with Crippen LogP contribution in [0.15, 0.2) is 54.6 Å². The average Bonchev–Trinajstić information content (AvgIpc) is 2.60. The standard InChI is InChI=1S/C15H17N2O5P/c1-21-23(20,22-2)15(16-12-8-4-3-5-9-12)13-10-6-7-11-14(13)17(18)19/h3-11,15-16H,1-2H3. The lowest BCUT2D eigenvalue weighted by molar-refractivity contribution is -0.385. The number of hydrogen-bond donors (Lipinski definition) is 1. The fraction of sp³-hybridized carbons (Fsp3) is 0.200. The van der Waals surface area contributed by atoms with Crippen LogP contribution in [0, 0.1) is 10.1 Å². The minimum absolute atomic E-state index is 0.157. The van der Waals surface area contributed by atoms with Gasteiger partial charge in [0.1, 0.15) is 0 Å². The molecule has 122 valence electrons. The van der Waals surface area contributed by atoms with Crippen LogP contribution in [-0.2, 0) is 13.6 Å². The van der Waals surface area contributed by atoms with Crippen molar-refractivity contribution in [3.63, 3.8) is 0 Å². The van der Waals surface area contributed by atoms with Gasteiger partial charge in [-0.25, -0.2) is 0 Å². The van der Waals surface area contributed by atoms with Crippen LogP contribution in [0.5, 0.6) is 0 Å². The Kier molecular flexibility index (Phi) is 5.50. The van der Waals surface area contributed by atoms with Crippen molar-refractivity contribution in [1.29, 1.82) is 0 Å². The first-order valence-corrected chi connectivity index (χ1v) is 8.39. The molecule has 2 rings (SSSR count). The van der Waals surface area contributed by atoms with E-state index in [1.54, 1.807) is 36.4 Å². The first-order chi connectivity index (χ1) is 11.0. The lowest BCUT2D eigenvalue weighted by Crippen LogP contribution is -2.15. The van der Waals surface area contributed by atoms with Gasteiger partial charge < -0.3 is 14.4 Å². The van der Waals surface area contributed by atoms with Crippen molar-refractivity contribution < 1.29 is 18.5 Å². The van der Waals surface area contributed by atoms with Crippen molar-refractivity contribution in [2.24, 2.45) is 0 Å². The Bertz CT molecular complexity index is 715. The van der Waals surface area contributed by atoms with Gasteiger partial charge in [0.15, 0.2) is 5.78 Å². The first-order valence-electron chi connectivity index (χ1n) is 6.78. The monoisotopic (exact) mass is 336 g/mol. The largest absolute Gasteiger partial charge is 0.368 e. The van der Waals surface area contributed by atoms with Crippen LogP contribution in [0.25, 0.3) is 0 Å². The van der Waals surface area contributed by atoms with E-state index < -0.39 is 18.3 Å². The van der Waals surface area contributed by atoms with Crippen LogP contribution in [0.1, 0.15) is 11.3 Å².